The fraction of sp³-hybridized carbons (Fsp3) is 0.316. The molecule has 0 radical (unpaired) electrons. The fourth-order valence-corrected chi connectivity index (χ4v) is 2.80. The zero-order valence-electron chi connectivity index (χ0n) is 15.2. The van der Waals surface area contributed by atoms with Crippen molar-refractivity contribution in [2.45, 2.75) is 31.1 Å². The van der Waals surface area contributed by atoms with Crippen molar-refractivity contribution in [3.05, 3.63) is 59.7 Å². The minimum Gasteiger partial charge on any atom is -0.492 e. The maximum Gasteiger partial charge on any atom is 0.251 e. The molecule has 0 bridgehead atoms. The van der Waals surface area contributed by atoms with Crippen molar-refractivity contribution in [1.82, 2.24) is 5.32 Å². The van der Waals surface area contributed by atoms with E-state index < -0.39 is 10.0 Å². The van der Waals surface area contributed by atoms with E-state index in [-0.39, 0.29) is 16.2 Å². The summed E-state index contributed by atoms with van der Waals surface area (Å²) < 4.78 is 28.0. The van der Waals surface area contributed by atoms with E-state index in [1.54, 1.807) is 0 Å². The number of sulfonamides is 1. The van der Waals surface area contributed by atoms with Gasteiger partial charge in [-0.05, 0) is 47.4 Å². The lowest BCUT2D eigenvalue weighted by Gasteiger charge is -2.19. The van der Waals surface area contributed by atoms with Crippen molar-refractivity contribution in [1.29, 1.82) is 0 Å². The molecule has 0 spiro atoms. The van der Waals surface area contributed by atoms with Crippen LogP contribution in [0.25, 0.3) is 0 Å². The lowest BCUT2D eigenvalue weighted by atomic mass is 9.87. The summed E-state index contributed by atoms with van der Waals surface area (Å²) in [5.74, 6) is 0.433. The highest BCUT2D eigenvalue weighted by Gasteiger charge is 2.13. The first-order valence-corrected chi connectivity index (χ1v) is 9.76. The molecule has 0 aliphatic carbocycles. The maximum absolute atomic E-state index is 12.0. The molecule has 2 aromatic carbocycles. The number of amides is 1. The lowest BCUT2D eigenvalue weighted by molar-refractivity contribution is 0.0947. The minimum absolute atomic E-state index is 0.0314. The van der Waals surface area contributed by atoms with Gasteiger partial charge in [-0.25, -0.2) is 13.6 Å². The Morgan fingerprint density at radius 2 is 1.62 bits per heavy atom. The van der Waals surface area contributed by atoms with Crippen LogP contribution in [0.2, 0.25) is 0 Å². The van der Waals surface area contributed by atoms with Crippen LogP contribution in [-0.4, -0.2) is 27.5 Å². The maximum atomic E-state index is 12.0. The van der Waals surface area contributed by atoms with E-state index in [1.165, 1.54) is 29.8 Å². The predicted octanol–water partition coefficient (Wildman–Crippen LogP) is 2.44. The number of hydrogen-bond acceptors (Lipinski definition) is 4. The average Bonchev–Trinajstić information content (AvgIpc) is 2.57. The number of nitrogens with one attached hydrogen (secondary N) is 1. The molecule has 0 fully saturated rings. The molecule has 2 aromatic rings. The summed E-state index contributed by atoms with van der Waals surface area (Å²) in [5, 5.41) is 7.74. The highest BCUT2D eigenvalue weighted by molar-refractivity contribution is 7.89. The molecule has 0 aliphatic rings. The van der Waals surface area contributed by atoms with Gasteiger partial charge >= 0.3 is 0 Å². The molecule has 0 heterocycles. The van der Waals surface area contributed by atoms with E-state index in [9.17, 15) is 13.2 Å². The Labute approximate surface area is 154 Å². The summed E-state index contributed by atoms with van der Waals surface area (Å²) in [6.45, 7) is 7.10. The van der Waals surface area contributed by atoms with Crippen LogP contribution in [0.5, 0.6) is 5.75 Å². The van der Waals surface area contributed by atoms with Crippen LogP contribution in [0, 0.1) is 0 Å². The second-order valence-electron chi connectivity index (χ2n) is 6.95. The second kappa shape index (κ2) is 7.88. The van der Waals surface area contributed by atoms with Crippen molar-refractivity contribution in [2.75, 3.05) is 13.2 Å². The molecule has 0 saturated carbocycles. The van der Waals surface area contributed by atoms with Gasteiger partial charge in [-0.1, -0.05) is 32.9 Å². The van der Waals surface area contributed by atoms with Crippen LogP contribution in [0.4, 0.5) is 0 Å². The predicted molar refractivity (Wildman–Crippen MR) is 101 cm³/mol. The molecular weight excluding hydrogens is 352 g/mol. The van der Waals surface area contributed by atoms with E-state index in [0.29, 0.717) is 18.7 Å². The van der Waals surface area contributed by atoms with Crippen molar-refractivity contribution in [2.24, 2.45) is 5.14 Å². The van der Waals surface area contributed by atoms with Crippen LogP contribution in [-0.2, 0) is 15.4 Å². The monoisotopic (exact) mass is 376 g/mol. The Bertz CT molecular complexity index is 852. The van der Waals surface area contributed by atoms with Gasteiger partial charge in [0.25, 0.3) is 5.91 Å². The summed E-state index contributed by atoms with van der Waals surface area (Å²) in [6, 6.07) is 13.3. The van der Waals surface area contributed by atoms with E-state index in [0.717, 1.165) is 5.75 Å². The Balaban J connectivity index is 1.81. The van der Waals surface area contributed by atoms with Gasteiger partial charge in [-0.3, -0.25) is 4.79 Å². The number of rotatable bonds is 6. The largest absolute Gasteiger partial charge is 0.492 e. The second-order valence-corrected chi connectivity index (χ2v) is 8.51. The Kier molecular flexibility index (Phi) is 6.05. The van der Waals surface area contributed by atoms with Crippen molar-refractivity contribution in [3.8, 4) is 5.75 Å². The quantitative estimate of drug-likeness (QED) is 0.757. The molecule has 140 valence electrons. The standard InChI is InChI=1S/C19H24N2O4S/c1-19(2,3)15-6-8-16(9-7-15)25-13-12-21-18(22)14-4-10-17(11-5-14)26(20,23)24/h4-11H,12-13H2,1-3H3,(H,21,22)(H2,20,23,24). The molecule has 0 atom stereocenters. The van der Waals surface area contributed by atoms with Gasteiger partial charge in [0.1, 0.15) is 12.4 Å². The highest BCUT2D eigenvalue weighted by Crippen LogP contribution is 2.24. The van der Waals surface area contributed by atoms with Crippen LogP contribution in [0.3, 0.4) is 0 Å². The summed E-state index contributed by atoms with van der Waals surface area (Å²) >= 11 is 0. The first-order chi connectivity index (χ1) is 12.1. The zero-order chi connectivity index (χ0) is 19.4. The van der Waals surface area contributed by atoms with Crippen LogP contribution < -0.4 is 15.2 Å². The van der Waals surface area contributed by atoms with Crippen LogP contribution in [0.1, 0.15) is 36.7 Å². The minimum atomic E-state index is -3.76. The van der Waals surface area contributed by atoms with E-state index >= 15 is 0 Å². The summed E-state index contributed by atoms with van der Waals surface area (Å²) in [4.78, 5) is 12.0. The number of ether oxygens (including phenoxy) is 1. The molecule has 0 saturated heterocycles. The van der Waals surface area contributed by atoms with Gasteiger partial charge in [0.05, 0.1) is 11.4 Å². The van der Waals surface area contributed by atoms with Crippen LogP contribution in [0.15, 0.2) is 53.4 Å². The number of nitrogens with two attached hydrogens (primary N) is 1. The smallest absolute Gasteiger partial charge is 0.251 e. The molecular formula is C19H24N2O4S. The van der Waals surface area contributed by atoms with Crippen molar-refractivity contribution < 1.29 is 17.9 Å². The lowest BCUT2D eigenvalue weighted by Crippen LogP contribution is -2.28. The number of hydrogen-bond donors (Lipinski definition) is 2. The van der Waals surface area contributed by atoms with Gasteiger partial charge < -0.3 is 10.1 Å². The first kappa shape index (κ1) is 19.9. The Hall–Kier alpha value is -2.38. The summed E-state index contributed by atoms with van der Waals surface area (Å²) in [5.41, 5.74) is 1.67. The fourth-order valence-electron chi connectivity index (χ4n) is 2.28. The third-order valence-electron chi connectivity index (χ3n) is 3.82. The topological polar surface area (TPSA) is 98.5 Å². The number of primary sulfonamides is 1. The number of carbonyl (C=O) groups is 1. The molecule has 3 N–H and O–H groups in total. The molecule has 1 amide bonds. The molecule has 0 aromatic heterocycles. The number of benzene rings is 2. The molecule has 7 heteroatoms. The Morgan fingerprint density at radius 3 is 2.12 bits per heavy atom. The molecule has 0 aliphatic heterocycles. The van der Waals surface area contributed by atoms with Gasteiger partial charge in [0.15, 0.2) is 0 Å². The van der Waals surface area contributed by atoms with Gasteiger partial charge in [0.2, 0.25) is 10.0 Å². The third-order valence-corrected chi connectivity index (χ3v) is 4.75. The van der Waals surface area contributed by atoms with E-state index in [4.69, 9.17) is 9.88 Å². The van der Waals surface area contributed by atoms with E-state index in [1.807, 2.05) is 24.3 Å². The van der Waals surface area contributed by atoms with Gasteiger partial charge in [-0.15, -0.1) is 0 Å². The van der Waals surface area contributed by atoms with Gasteiger partial charge in [-0.2, -0.15) is 0 Å². The molecule has 2 rings (SSSR count). The van der Waals surface area contributed by atoms with E-state index in [2.05, 4.69) is 26.1 Å². The summed E-state index contributed by atoms with van der Waals surface area (Å²) in [6.07, 6.45) is 0. The zero-order valence-corrected chi connectivity index (χ0v) is 16.0. The Morgan fingerprint density at radius 1 is 1.04 bits per heavy atom. The molecule has 6 nitrogen and oxygen atoms in total. The molecule has 26 heavy (non-hydrogen) atoms. The van der Waals surface area contributed by atoms with Crippen LogP contribution >= 0.6 is 0 Å². The number of carbonyl (C=O) groups excluding carboxylic acids is 1. The van der Waals surface area contributed by atoms with Crippen molar-refractivity contribution in [3.63, 3.8) is 0 Å². The molecule has 0 unspecified atom stereocenters. The van der Waals surface area contributed by atoms with Gasteiger partial charge in [0, 0.05) is 5.56 Å². The van der Waals surface area contributed by atoms with Crippen molar-refractivity contribution >= 4 is 15.9 Å². The average molecular weight is 376 g/mol. The first-order valence-electron chi connectivity index (χ1n) is 8.22. The normalized spacial score (nSPS) is 11.8. The highest BCUT2D eigenvalue weighted by atomic mass is 32.2. The SMILES string of the molecule is CC(C)(C)c1ccc(OCCNC(=O)c2ccc(S(N)(=O)=O)cc2)cc1. The summed E-state index contributed by atoms with van der Waals surface area (Å²) in [7, 11) is -3.76. The third kappa shape index (κ3) is 5.57.